The Hall–Kier alpha value is -0.650. The molecular formula is C9H10BrClN2O2. The maximum absolute atomic E-state index is 10.8. The Morgan fingerprint density at radius 2 is 2.27 bits per heavy atom. The molecule has 0 amide bonds. The average molecular weight is 294 g/mol. The standard InChI is InChI=1S/C9H10BrClN2O2/c1-2-12-5-7-8(10)3-6(11)4-9(7)13(14)15/h3-4,12H,2,5H2,1H3. The predicted octanol–water partition coefficient (Wildman–Crippen LogP) is 3.12. The number of nitrogens with zero attached hydrogens (tertiary/aromatic N) is 1. The summed E-state index contributed by atoms with van der Waals surface area (Å²) in [5.41, 5.74) is 0.654. The van der Waals surface area contributed by atoms with E-state index >= 15 is 0 Å². The molecular weight excluding hydrogens is 283 g/mol. The van der Waals surface area contributed by atoms with Gasteiger partial charge in [-0.2, -0.15) is 0 Å². The molecule has 1 N–H and O–H groups in total. The lowest BCUT2D eigenvalue weighted by molar-refractivity contribution is -0.385. The molecule has 0 spiro atoms. The van der Waals surface area contributed by atoms with Crippen LogP contribution in [0.25, 0.3) is 0 Å². The molecule has 0 aliphatic carbocycles. The van der Waals surface area contributed by atoms with Gasteiger partial charge in [0.2, 0.25) is 0 Å². The SMILES string of the molecule is CCNCc1c(Br)cc(Cl)cc1[N+](=O)[O-]. The zero-order valence-corrected chi connectivity index (χ0v) is 10.4. The van der Waals surface area contributed by atoms with Gasteiger partial charge in [-0.3, -0.25) is 10.1 Å². The molecule has 0 saturated carbocycles. The van der Waals surface area contributed by atoms with E-state index in [0.29, 0.717) is 21.6 Å². The van der Waals surface area contributed by atoms with Crippen LogP contribution < -0.4 is 5.32 Å². The molecule has 0 radical (unpaired) electrons. The van der Waals surface area contributed by atoms with Crippen LogP contribution in [0.15, 0.2) is 16.6 Å². The van der Waals surface area contributed by atoms with Crippen LogP contribution in [0.4, 0.5) is 5.69 Å². The minimum Gasteiger partial charge on any atom is -0.313 e. The van der Waals surface area contributed by atoms with Gasteiger partial charge in [-0.1, -0.05) is 34.5 Å². The van der Waals surface area contributed by atoms with E-state index in [0.717, 1.165) is 6.54 Å². The Morgan fingerprint density at radius 3 is 2.80 bits per heavy atom. The van der Waals surface area contributed by atoms with E-state index < -0.39 is 4.92 Å². The first-order valence-corrected chi connectivity index (χ1v) is 5.56. The van der Waals surface area contributed by atoms with Crippen LogP contribution in [-0.2, 0) is 6.54 Å². The van der Waals surface area contributed by atoms with Crippen LogP contribution in [0.1, 0.15) is 12.5 Å². The number of rotatable bonds is 4. The molecule has 0 aliphatic rings. The molecule has 1 aromatic rings. The first-order chi connectivity index (χ1) is 7.06. The van der Waals surface area contributed by atoms with Gasteiger partial charge in [-0.05, 0) is 12.6 Å². The Bertz CT molecular complexity index is 385. The lowest BCUT2D eigenvalue weighted by Gasteiger charge is -2.06. The van der Waals surface area contributed by atoms with Crippen LogP contribution >= 0.6 is 27.5 Å². The van der Waals surface area contributed by atoms with Gasteiger partial charge in [-0.25, -0.2) is 0 Å². The smallest absolute Gasteiger partial charge is 0.276 e. The van der Waals surface area contributed by atoms with Crippen molar-refractivity contribution in [2.45, 2.75) is 13.5 Å². The van der Waals surface area contributed by atoms with Crippen LogP contribution in [0.5, 0.6) is 0 Å². The number of hydrogen-bond donors (Lipinski definition) is 1. The summed E-state index contributed by atoms with van der Waals surface area (Å²) in [5, 5.41) is 14.2. The van der Waals surface area contributed by atoms with Crippen molar-refractivity contribution in [2.75, 3.05) is 6.54 Å². The third-order valence-corrected chi connectivity index (χ3v) is 2.81. The van der Waals surface area contributed by atoms with Crippen LogP contribution in [-0.4, -0.2) is 11.5 Å². The van der Waals surface area contributed by atoms with Crippen molar-refractivity contribution in [3.63, 3.8) is 0 Å². The van der Waals surface area contributed by atoms with Gasteiger partial charge in [0, 0.05) is 22.1 Å². The van der Waals surface area contributed by atoms with Crippen molar-refractivity contribution < 1.29 is 4.92 Å². The Balaban J connectivity index is 3.15. The quantitative estimate of drug-likeness (QED) is 0.685. The van der Waals surface area contributed by atoms with Gasteiger partial charge < -0.3 is 5.32 Å². The third kappa shape index (κ3) is 3.15. The van der Waals surface area contributed by atoms with E-state index in [1.54, 1.807) is 6.07 Å². The van der Waals surface area contributed by atoms with Crippen molar-refractivity contribution in [3.8, 4) is 0 Å². The lowest BCUT2D eigenvalue weighted by Crippen LogP contribution is -2.13. The van der Waals surface area contributed by atoms with Gasteiger partial charge in [-0.15, -0.1) is 0 Å². The Kier molecular flexibility index (Phi) is 4.50. The minimum atomic E-state index is -0.427. The summed E-state index contributed by atoms with van der Waals surface area (Å²) in [5.74, 6) is 0. The number of nitro groups is 1. The van der Waals surface area contributed by atoms with Gasteiger partial charge in [0.15, 0.2) is 0 Å². The van der Waals surface area contributed by atoms with Gasteiger partial charge >= 0.3 is 0 Å². The van der Waals surface area contributed by atoms with E-state index in [4.69, 9.17) is 11.6 Å². The Labute approximate surface area is 101 Å². The highest BCUT2D eigenvalue weighted by Crippen LogP contribution is 2.30. The summed E-state index contributed by atoms with van der Waals surface area (Å²) < 4.78 is 0.655. The second-order valence-electron chi connectivity index (χ2n) is 2.92. The van der Waals surface area contributed by atoms with E-state index in [2.05, 4.69) is 21.2 Å². The third-order valence-electron chi connectivity index (χ3n) is 1.89. The maximum Gasteiger partial charge on any atom is 0.276 e. The minimum absolute atomic E-state index is 0.0373. The molecule has 0 atom stereocenters. The van der Waals surface area contributed by atoms with Crippen molar-refractivity contribution in [1.29, 1.82) is 0 Å². The fraction of sp³-hybridized carbons (Fsp3) is 0.333. The molecule has 0 saturated heterocycles. The Morgan fingerprint density at radius 1 is 1.60 bits per heavy atom. The molecule has 82 valence electrons. The van der Waals surface area contributed by atoms with Crippen molar-refractivity contribution in [3.05, 3.63) is 37.3 Å². The molecule has 0 heterocycles. The molecule has 4 nitrogen and oxygen atoms in total. The van der Waals surface area contributed by atoms with Gasteiger partial charge in [0.25, 0.3) is 5.69 Å². The average Bonchev–Trinajstić information content (AvgIpc) is 2.15. The second-order valence-corrected chi connectivity index (χ2v) is 4.21. The van der Waals surface area contributed by atoms with Crippen LogP contribution in [0.2, 0.25) is 5.02 Å². The summed E-state index contributed by atoms with van der Waals surface area (Å²) >= 11 is 9.01. The predicted molar refractivity (Wildman–Crippen MR) is 63.2 cm³/mol. The normalized spacial score (nSPS) is 10.3. The number of halogens is 2. The molecule has 15 heavy (non-hydrogen) atoms. The molecule has 0 aromatic heterocycles. The summed E-state index contributed by atoms with van der Waals surface area (Å²) in [6.45, 7) is 3.15. The monoisotopic (exact) mass is 292 g/mol. The number of nitrogens with one attached hydrogen (secondary N) is 1. The fourth-order valence-electron chi connectivity index (χ4n) is 1.18. The van der Waals surface area contributed by atoms with Gasteiger partial charge in [0.1, 0.15) is 0 Å². The van der Waals surface area contributed by atoms with Crippen molar-refractivity contribution in [2.24, 2.45) is 0 Å². The molecule has 6 heteroatoms. The zero-order valence-electron chi connectivity index (χ0n) is 8.09. The summed E-state index contributed by atoms with van der Waals surface area (Å²) in [6.07, 6.45) is 0. The first-order valence-electron chi connectivity index (χ1n) is 4.39. The van der Waals surface area contributed by atoms with E-state index in [-0.39, 0.29) is 5.69 Å². The van der Waals surface area contributed by atoms with Gasteiger partial charge in [0.05, 0.1) is 10.5 Å². The van der Waals surface area contributed by atoms with E-state index in [1.807, 2.05) is 6.92 Å². The second kappa shape index (κ2) is 5.44. The first kappa shape index (κ1) is 12.4. The van der Waals surface area contributed by atoms with E-state index in [9.17, 15) is 10.1 Å². The molecule has 0 aliphatic heterocycles. The summed E-state index contributed by atoms with van der Waals surface area (Å²) in [6, 6.07) is 3.01. The largest absolute Gasteiger partial charge is 0.313 e. The zero-order chi connectivity index (χ0) is 11.4. The molecule has 0 unspecified atom stereocenters. The van der Waals surface area contributed by atoms with Crippen LogP contribution in [0, 0.1) is 10.1 Å². The lowest BCUT2D eigenvalue weighted by atomic mass is 10.2. The molecule has 1 aromatic carbocycles. The highest BCUT2D eigenvalue weighted by atomic mass is 79.9. The highest BCUT2D eigenvalue weighted by molar-refractivity contribution is 9.10. The van der Waals surface area contributed by atoms with Crippen molar-refractivity contribution in [1.82, 2.24) is 5.32 Å². The molecule has 0 bridgehead atoms. The highest BCUT2D eigenvalue weighted by Gasteiger charge is 2.17. The van der Waals surface area contributed by atoms with Crippen molar-refractivity contribution >= 4 is 33.2 Å². The summed E-state index contributed by atoms with van der Waals surface area (Å²) in [7, 11) is 0. The molecule has 0 fully saturated rings. The maximum atomic E-state index is 10.8. The van der Waals surface area contributed by atoms with Crippen LogP contribution in [0.3, 0.4) is 0 Å². The number of nitro benzene ring substituents is 1. The number of benzene rings is 1. The topological polar surface area (TPSA) is 55.2 Å². The number of hydrogen-bond acceptors (Lipinski definition) is 3. The van der Waals surface area contributed by atoms with E-state index in [1.165, 1.54) is 6.07 Å². The summed E-state index contributed by atoms with van der Waals surface area (Å²) in [4.78, 5) is 10.4. The molecule has 1 rings (SSSR count). The fourth-order valence-corrected chi connectivity index (χ4v) is 2.11.